The summed E-state index contributed by atoms with van der Waals surface area (Å²) in [6.07, 6.45) is -9.55. The Morgan fingerprint density at radius 1 is 0.882 bits per heavy atom. The molecule has 0 nitrogen and oxygen atoms in total. The average molecular weight is 254 g/mol. The van der Waals surface area contributed by atoms with Crippen molar-refractivity contribution < 1.29 is 26.3 Å². The van der Waals surface area contributed by atoms with Crippen molar-refractivity contribution in [1.82, 2.24) is 0 Å². The second kappa shape index (κ2) is 4.27. The number of halogens is 6. The van der Waals surface area contributed by atoms with Gasteiger partial charge in [-0.25, -0.2) is 0 Å². The molecule has 1 atom stereocenters. The van der Waals surface area contributed by atoms with Crippen molar-refractivity contribution in [2.24, 2.45) is 0 Å². The number of benzene rings is 1. The summed E-state index contributed by atoms with van der Waals surface area (Å²) in [7, 11) is 1.54. The van der Waals surface area contributed by atoms with Crippen LogP contribution in [0.2, 0.25) is 0 Å². The van der Waals surface area contributed by atoms with Crippen LogP contribution in [0.4, 0.5) is 26.3 Å². The van der Waals surface area contributed by atoms with Crippen molar-refractivity contribution in [1.29, 1.82) is 0 Å². The second-order valence-corrected chi connectivity index (χ2v) is 3.99. The van der Waals surface area contributed by atoms with Gasteiger partial charge in [0.2, 0.25) is 0 Å². The van der Waals surface area contributed by atoms with E-state index in [4.69, 9.17) is 0 Å². The summed E-state index contributed by atoms with van der Waals surface area (Å²) < 4.78 is 74.6. The van der Waals surface area contributed by atoms with Gasteiger partial charge >= 0.3 is 12.4 Å². The molecule has 0 N–H and O–H groups in total. The fourth-order valence-corrected chi connectivity index (χ4v) is 1.31. The van der Waals surface area contributed by atoms with Crippen molar-refractivity contribution in [3.8, 4) is 0 Å². The summed E-state index contributed by atoms with van der Waals surface area (Å²) in [5.74, 6) is -0.404. The first-order valence-electron chi connectivity index (χ1n) is 4.81. The van der Waals surface area contributed by atoms with Crippen LogP contribution in [-0.4, -0.2) is 7.85 Å². The maximum absolute atomic E-state index is 12.4. The van der Waals surface area contributed by atoms with Crippen molar-refractivity contribution in [3.05, 3.63) is 34.9 Å². The highest BCUT2D eigenvalue weighted by atomic mass is 19.4. The molecule has 0 amide bonds. The lowest BCUT2D eigenvalue weighted by atomic mass is 9.81. The molecule has 17 heavy (non-hydrogen) atoms. The van der Waals surface area contributed by atoms with Gasteiger partial charge in [0.1, 0.15) is 7.85 Å². The predicted molar refractivity (Wildman–Crippen MR) is 53.4 cm³/mol. The lowest BCUT2D eigenvalue weighted by molar-refractivity contribution is -0.143. The number of hydrogen-bond donors (Lipinski definition) is 0. The zero-order chi connectivity index (χ0) is 13.4. The van der Waals surface area contributed by atoms with Crippen molar-refractivity contribution in [2.75, 3.05) is 0 Å². The van der Waals surface area contributed by atoms with E-state index in [1.807, 2.05) is 0 Å². The summed E-state index contributed by atoms with van der Waals surface area (Å²) in [4.78, 5) is 0. The minimum absolute atomic E-state index is 0.0205. The third-order valence-electron chi connectivity index (χ3n) is 2.28. The Labute approximate surface area is 95.0 Å². The van der Waals surface area contributed by atoms with Gasteiger partial charge in [0.15, 0.2) is 0 Å². The molecule has 0 spiro atoms. The van der Waals surface area contributed by atoms with Gasteiger partial charge < -0.3 is 0 Å². The van der Waals surface area contributed by atoms with Crippen LogP contribution in [0.15, 0.2) is 18.2 Å². The van der Waals surface area contributed by atoms with Gasteiger partial charge in [-0.1, -0.05) is 12.5 Å². The van der Waals surface area contributed by atoms with E-state index < -0.39 is 29.3 Å². The Hall–Kier alpha value is -1.14. The zero-order valence-corrected chi connectivity index (χ0v) is 9.08. The number of rotatable bonds is 1. The molecule has 0 heterocycles. The molecule has 0 aromatic heterocycles. The zero-order valence-electron chi connectivity index (χ0n) is 9.08. The van der Waals surface area contributed by atoms with Crippen LogP contribution in [0.1, 0.15) is 29.4 Å². The highest BCUT2D eigenvalue weighted by Crippen LogP contribution is 2.37. The van der Waals surface area contributed by atoms with E-state index in [1.165, 1.54) is 14.8 Å². The van der Waals surface area contributed by atoms with Gasteiger partial charge in [-0.05, 0) is 24.0 Å². The Kier molecular flexibility index (Phi) is 3.50. The van der Waals surface area contributed by atoms with Crippen LogP contribution in [0.3, 0.4) is 0 Å². The van der Waals surface area contributed by atoms with E-state index in [0.717, 1.165) is 12.1 Å². The predicted octanol–water partition coefficient (Wildman–Crippen LogP) is 3.42. The Morgan fingerprint density at radius 2 is 1.24 bits per heavy atom. The van der Waals surface area contributed by atoms with E-state index in [1.54, 1.807) is 0 Å². The van der Waals surface area contributed by atoms with E-state index in [9.17, 15) is 26.3 Å². The van der Waals surface area contributed by atoms with Crippen molar-refractivity contribution in [3.63, 3.8) is 0 Å². The first-order valence-corrected chi connectivity index (χ1v) is 4.81. The van der Waals surface area contributed by atoms with E-state index >= 15 is 0 Å². The minimum atomic E-state index is -4.77. The quantitative estimate of drug-likeness (QED) is 0.532. The van der Waals surface area contributed by atoms with Crippen LogP contribution >= 0.6 is 0 Å². The summed E-state index contributed by atoms with van der Waals surface area (Å²) in [5.41, 5.74) is -2.51. The lowest BCUT2D eigenvalue weighted by Crippen LogP contribution is -2.12. The molecule has 0 aliphatic rings. The maximum Gasteiger partial charge on any atom is 0.416 e. The van der Waals surface area contributed by atoms with Crippen LogP contribution in [0.5, 0.6) is 0 Å². The molecule has 1 aromatic carbocycles. The maximum atomic E-state index is 12.4. The summed E-state index contributed by atoms with van der Waals surface area (Å²) in [6.45, 7) is 1.54. The average Bonchev–Trinajstić information content (AvgIpc) is 2.14. The van der Waals surface area contributed by atoms with E-state index in [2.05, 4.69) is 0 Å². The highest BCUT2D eigenvalue weighted by molar-refractivity contribution is 6.12. The number of alkyl halides is 6. The van der Waals surface area contributed by atoms with E-state index in [0.29, 0.717) is 0 Å². The fraction of sp³-hybridized carbons (Fsp3) is 0.400. The van der Waals surface area contributed by atoms with Gasteiger partial charge in [-0.15, -0.1) is 0 Å². The molecule has 1 rings (SSSR count). The second-order valence-electron chi connectivity index (χ2n) is 3.99. The van der Waals surface area contributed by atoms with Crippen LogP contribution in [-0.2, 0) is 12.4 Å². The van der Waals surface area contributed by atoms with Gasteiger partial charge in [0.25, 0.3) is 0 Å². The normalized spacial score (nSPS) is 14.8. The summed E-state index contributed by atoms with van der Waals surface area (Å²) >= 11 is 0. The smallest absolute Gasteiger partial charge is 0.166 e. The monoisotopic (exact) mass is 254 g/mol. The largest absolute Gasteiger partial charge is 0.416 e. The van der Waals surface area contributed by atoms with Crippen LogP contribution < -0.4 is 0 Å². The van der Waals surface area contributed by atoms with Crippen molar-refractivity contribution in [2.45, 2.75) is 25.1 Å². The Bertz CT molecular complexity index is 372. The van der Waals surface area contributed by atoms with Gasteiger partial charge in [0, 0.05) is 0 Å². The number of hydrogen-bond acceptors (Lipinski definition) is 0. The molecule has 7 heteroatoms. The third-order valence-corrected chi connectivity index (χ3v) is 2.28. The van der Waals surface area contributed by atoms with Crippen LogP contribution in [0.25, 0.3) is 0 Å². The molecule has 1 unspecified atom stereocenters. The van der Waals surface area contributed by atoms with Crippen LogP contribution in [0, 0.1) is 0 Å². The third kappa shape index (κ3) is 3.41. The molecular formula is C10H9BF6. The van der Waals surface area contributed by atoms with Crippen molar-refractivity contribution >= 4 is 7.85 Å². The van der Waals surface area contributed by atoms with Gasteiger partial charge in [-0.2, -0.15) is 26.3 Å². The van der Waals surface area contributed by atoms with E-state index in [-0.39, 0.29) is 11.6 Å². The molecular weight excluding hydrogens is 245 g/mol. The Morgan fingerprint density at radius 3 is 1.47 bits per heavy atom. The molecule has 0 fully saturated rings. The minimum Gasteiger partial charge on any atom is -0.166 e. The molecule has 0 radical (unpaired) electrons. The molecule has 94 valence electrons. The SMILES string of the molecule is BC(C)c1cc(C(F)(F)F)cc(C(F)(F)F)c1. The summed E-state index contributed by atoms with van der Waals surface area (Å²) in [6, 6.07) is 1.63. The first-order chi connectivity index (χ1) is 7.51. The molecule has 0 saturated heterocycles. The summed E-state index contributed by atoms with van der Waals surface area (Å²) in [5, 5.41) is 0. The first kappa shape index (κ1) is 13.9. The molecule has 0 bridgehead atoms. The van der Waals surface area contributed by atoms with Gasteiger partial charge in [0.05, 0.1) is 11.1 Å². The fourth-order valence-electron chi connectivity index (χ4n) is 1.31. The highest BCUT2D eigenvalue weighted by Gasteiger charge is 2.36. The molecule has 0 saturated carbocycles. The van der Waals surface area contributed by atoms with Gasteiger partial charge in [-0.3, -0.25) is 0 Å². The molecule has 0 aliphatic carbocycles. The molecule has 0 aliphatic heterocycles. The topological polar surface area (TPSA) is 0 Å². The standard InChI is InChI=1S/C10H9BF6/c1-5(11)6-2-7(9(12,13)14)4-8(3-6)10(15,16)17/h2-5H,11H2,1H3. The lowest BCUT2D eigenvalue weighted by Gasteiger charge is -2.15. The Balaban J connectivity index is 3.40. The molecule has 1 aromatic rings.